The van der Waals surface area contributed by atoms with Crippen molar-refractivity contribution in [3.63, 3.8) is 0 Å². The molecule has 0 aliphatic carbocycles. The smallest absolute Gasteiger partial charge is 0.211 e. The first kappa shape index (κ1) is 10.5. The molecule has 0 aliphatic rings. The zero-order chi connectivity index (χ0) is 12.5. The molecule has 0 atom stereocenters. The van der Waals surface area contributed by atoms with E-state index in [1.54, 1.807) is 17.1 Å². The van der Waals surface area contributed by atoms with Crippen molar-refractivity contribution < 1.29 is 4.79 Å². The highest BCUT2D eigenvalue weighted by molar-refractivity contribution is 5.86. The van der Waals surface area contributed by atoms with Gasteiger partial charge in [0.05, 0.1) is 23.8 Å². The Kier molecular flexibility index (Phi) is 2.33. The summed E-state index contributed by atoms with van der Waals surface area (Å²) in [5.74, 6) is 0. The number of fused-ring (bicyclic) bond motifs is 1. The molecule has 3 aromatic rings. The molecule has 2 N–H and O–H groups in total. The molecule has 90 valence electrons. The molecule has 0 bridgehead atoms. The summed E-state index contributed by atoms with van der Waals surface area (Å²) in [5.41, 5.74) is 3.41. The standard InChI is InChI=1S/C12H11N5O/c1-17-6-9(4-15-17)11-3-8-2-10(14-7-18)5-13-12(8)16-11/h2-7H,1H3,(H,13,16)(H,14,18). The third-order valence-corrected chi connectivity index (χ3v) is 2.71. The van der Waals surface area contributed by atoms with E-state index in [4.69, 9.17) is 0 Å². The first-order valence-electron chi connectivity index (χ1n) is 5.44. The molecule has 6 nitrogen and oxygen atoms in total. The van der Waals surface area contributed by atoms with E-state index in [-0.39, 0.29) is 0 Å². The summed E-state index contributed by atoms with van der Waals surface area (Å²) in [6, 6.07) is 3.85. The summed E-state index contributed by atoms with van der Waals surface area (Å²) >= 11 is 0. The molecule has 6 heteroatoms. The lowest BCUT2D eigenvalue weighted by atomic mass is 10.2. The average Bonchev–Trinajstić information content (AvgIpc) is 2.94. The van der Waals surface area contributed by atoms with Crippen molar-refractivity contribution in [3.8, 4) is 11.3 Å². The van der Waals surface area contributed by atoms with Crippen LogP contribution in [0.5, 0.6) is 0 Å². The number of carbonyl (C=O) groups is 1. The summed E-state index contributed by atoms with van der Waals surface area (Å²) in [7, 11) is 1.87. The van der Waals surface area contributed by atoms with Gasteiger partial charge >= 0.3 is 0 Å². The molecule has 0 aromatic carbocycles. The van der Waals surface area contributed by atoms with E-state index in [1.165, 1.54) is 0 Å². The lowest BCUT2D eigenvalue weighted by molar-refractivity contribution is -0.105. The minimum absolute atomic E-state index is 0.636. The number of nitrogens with zero attached hydrogens (tertiary/aromatic N) is 3. The highest BCUT2D eigenvalue weighted by Gasteiger charge is 2.06. The molecular formula is C12H11N5O. The van der Waals surface area contributed by atoms with Crippen LogP contribution in [0.4, 0.5) is 5.69 Å². The largest absolute Gasteiger partial charge is 0.339 e. The molecule has 0 radical (unpaired) electrons. The van der Waals surface area contributed by atoms with Gasteiger partial charge in [-0.2, -0.15) is 5.10 Å². The maximum absolute atomic E-state index is 10.4. The fourth-order valence-electron chi connectivity index (χ4n) is 1.88. The maximum Gasteiger partial charge on any atom is 0.211 e. The van der Waals surface area contributed by atoms with Crippen LogP contribution in [0.15, 0.2) is 30.7 Å². The van der Waals surface area contributed by atoms with E-state index in [9.17, 15) is 4.79 Å². The van der Waals surface area contributed by atoms with Gasteiger partial charge in [-0.25, -0.2) is 4.98 Å². The molecule has 3 aromatic heterocycles. The van der Waals surface area contributed by atoms with Crippen molar-refractivity contribution in [1.29, 1.82) is 0 Å². The van der Waals surface area contributed by atoms with Crippen LogP contribution >= 0.6 is 0 Å². The second-order valence-corrected chi connectivity index (χ2v) is 4.01. The molecule has 1 amide bonds. The van der Waals surface area contributed by atoms with Crippen LogP contribution in [0, 0.1) is 0 Å². The minimum Gasteiger partial charge on any atom is -0.339 e. The van der Waals surface area contributed by atoms with Crippen LogP contribution in [-0.2, 0) is 11.8 Å². The Morgan fingerprint density at radius 1 is 1.39 bits per heavy atom. The van der Waals surface area contributed by atoms with Crippen LogP contribution < -0.4 is 5.32 Å². The summed E-state index contributed by atoms with van der Waals surface area (Å²) in [5, 5.41) is 7.65. The molecule has 3 rings (SSSR count). The van der Waals surface area contributed by atoms with Crippen LogP contribution in [0.25, 0.3) is 22.3 Å². The molecular weight excluding hydrogens is 230 g/mol. The van der Waals surface area contributed by atoms with Crippen molar-refractivity contribution >= 4 is 23.1 Å². The number of aromatic amines is 1. The number of hydrogen-bond acceptors (Lipinski definition) is 3. The molecule has 0 spiro atoms. The van der Waals surface area contributed by atoms with Gasteiger partial charge in [0, 0.05) is 24.2 Å². The molecule has 3 heterocycles. The number of aromatic nitrogens is 4. The summed E-state index contributed by atoms with van der Waals surface area (Å²) in [4.78, 5) is 17.8. The number of anilines is 1. The van der Waals surface area contributed by atoms with Crippen LogP contribution in [0.1, 0.15) is 0 Å². The number of amides is 1. The molecule has 0 saturated heterocycles. The normalized spacial score (nSPS) is 10.7. The Morgan fingerprint density at radius 3 is 3.00 bits per heavy atom. The predicted octanol–water partition coefficient (Wildman–Crippen LogP) is 1.53. The highest BCUT2D eigenvalue weighted by Crippen LogP contribution is 2.24. The van der Waals surface area contributed by atoms with Gasteiger partial charge in [-0.15, -0.1) is 0 Å². The molecule has 0 saturated carbocycles. The number of nitrogens with one attached hydrogen (secondary N) is 2. The van der Waals surface area contributed by atoms with Crippen molar-refractivity contribution in [3.05, 3.63) is 30.7 Å². The second kappa shape index (κ2) is 3.99. The van der Waals surface area contributed by atoms with Crippen molar-refractivity contribution in [2.45, 2.75) is 0 Å². The summed E-state index contributed by atoms with van der Waals surface area (Å²) in [6.45, 7) is 0. The molecule has 0 unspecified atom stereocenters. The Bertz CT molecular complexity index is 712. The van der Waals surface area contributed by atoms with Crippen LogP contribution in [-0.4, -0.2) is 26.2 Å². The van der Waals surface area contributed by atoms with Gasteiger partial charge in [-0.3, -0.25) is 9.48 Å². The SMILES string of the molecule is Cn1cc(-c2cc3cc(NC=O)cnc3[nH]2)cn1. The van der Waals surface area contributed by atoms with Gasteiger partial charge in [0.1, 0.15) is 5.65 Å². The minimum atomic E-state index is 0.636. The highest BCUT2D eigenvalue weighted by atomic mass is 16.1. The van der Waals surface area contributed by atoms with Crippen LogP contribution in [0.2, 0.25) is 0 Å². The topological polar surface area (TPSA) is 75.6 Å². The molecule has 0 fully saturated rings. The van der Waals surface area contributed by atoms with Crippen molar-refractivity contribution in [1.82, 2.24) is 19.7 Å². The van der Waals surface area contributed by atoms with Gasteiger partial charge < -0.3 is 10.3 Å². The summed E-state index contributed by atoms with van der Waals surface area (Å²) in [6.07, 6.45) is 5.96. The molecule has 0 aliphatic heterocycles. The third-order valence-electron chi connectivity index (χ3n) is 2.71. The first-order chi connectivity index (χ1) is 8.76. The Morgan fingerprint density at radius 2 is 2.28 bits per heavy atom. The summed E-state index contributed by atoms with van der Waals surface area (Å²) < 4.78 is 1.74. The zero-order valence-corrected chi connectivity index (χ0v) is 9.71. The Balaban J connectivity index is 2.07. The van der Waals surface area contributed by atoms with Crippen LogP contribution in [0.3, 0.4) is 0 Å². The number of H-pyrrole nitrogens is 1. The van der Waals surface area contributed by atoms with E-state index < -0.39 is 0 Å². The Labute approximate surface area is 103 Å². The number of carbonyl (C=O) groups excluding carboxylic acids is 1. The first-order valence-corrected chi connectivity index (χ1v) is 5.44. The quantitative estimate of drug-likeness (QED) is 0.683. The number of aryl methyl sites for hydroxylation is 1. The Hall–Kier alpha value is -2.63. The number of pyridine rings is 1. The van der Waals surface area contributed by atoms with E-state index in [2.05, 4.69) is 20.4 Å². The fraction of sp³-hybridized carbons (Fsp3) is 0.0833. The average molecular weight is 241 g/mol. The van der Waals surface area contributed by atoms with Crippen molar-refractivity contribution in [2.75, 3.05) is 5.32 Å². The van der Waals surface area contributed by atoms with E-state index in [0.717, 1.165) is 22.3 Å². The number of hydrogen-bond donors (Lipinski definition) is 2. The van der Waals surface area contributed by atoms with E-state index >= 15 is 0 Å². The monoisotopic (exact) mass is 241 g/mol. The lowest BCUT2D eigenvalue weighted by Gasteiger charge is -1.96. The maximum atomic E-state index is 10.4. The van der Waals surface area contributed by atoms with Gasteiger partial charge in [-0.05, 0) is 12.1 Å². The van der Waals surface area contributed by atoms with E-state index in [1.807, 2.05) is 25.4 Å². The van der Waals surface area contributed by atoms with Gasteiger partial charge in [0.15, 0.2) is 0 Å². The van der Waals surface area contributed by atoms with Gasteiger partial charge in [0.2, 0.25) is 6.41 Å². The van der Waals surface area contributed by atoms with Gasteiger partial charge in [0.25, 0.3) is 0 Å². The predicted molar refractivity (Wildman–Crippen MR) is 68.0 cm³/mol. The third kappa shape index (κ3) is 1.73. The second-order valence-electron chi connectivity index (χ2n) is 4.01. The lowest BCUT2D eigenvalue weighted by Crippen LogP contribution is -1.93. The number of rotatable bonds is 3. The fourth-order valence-corrected chi connectivity index (χ4v) is 1.88. The van der Waals surface area contributed by atoms with Gasteiger partial charge in [-0.1, -0.05) is 0 Å². The van der Waals surface area contributed by atoms with E-state index in [0.29, 0.717) is 12.1 Å². The zero-order valence-electron chi connectivity index (χ0n) is 9.71. The molecule has 18 heavy (non-hydrogen) atoms. The van der Waals surface area contributed by atoms with Crippen molar-refractivity contribution in [2.24, 2.45) is 7.05 Å².